The maximum atomic E-state index is 14.6. The topological polar surface area (TPSA) is 81.2 Å². The summed E-state index contributed by atoms with van der Waals surface area (Å²) in [6.07, 6.45) is 5.33. The van der Waals surface area contributed by atoms with Gasteiger partial charge in [-0.05, 0) is 49.4 Å². The molecule has 4 rings (SSSR count). The molecule has 7 nitrogen and oxygen atoms in total. The maximum absolute atomic E-state index is 14.6. The molecule has 9 heteroatoms. The molecule has 3 fully saturated rings. The zero-order chi connectivity index (χ0) is 27.8. The lowest BCUT2D eigenvalue weighted by atomic mass is 9.70. The Morgan fingerprint density at radius 2 is 1.87 bits per heavy atom. The van der Waals surface area contributed by atoms with E-state index in [9.17, 15) is 19.5 Å². The number of anilines is 1. The first-order valence-electron chi connectivity index (χ1n) is 13.3. The molecule has 3 aliphatic rings. The molecular weight excluding hydrogens is 522 g/mol. The minimum Gasteiger partial charge on any atom is -0.394 e. The molecule has 0 aromatic heterocycles. The third kappa shape index (κ3) is 4.80. The van der Waals surface area contributed by atoms with Crippen molar-refractivity contribution >= 4 is 46.8 Å². The van der Waals surface area contributed by atoms with Crippen molar-refractivity contribution in [3.63, 3.8) is 0 Å². The van der Waals surface area contributed by atoms with Gasteiger partial charge in [0, 0.05) is 36.1 Å². The van der Waals surface area contributed by atoms with Crippen molar-refractivity contribution in [1.82, 2.24) is 9.80 Å². The van der Waals surface area contributed by atoms with E-state index in [-0.39, 0.29) is 42.0 Å². The lowest BCUT2D eigenvalue weighted by Crippen LogP contribution is -2.58. The monoisotopic (exact) mass is 559 g/mol. The van der Waals surface area contributed by atoms with Crippen LogP contribution in [0.3, 0.4) is 0 Å². The number of thioether (sulfide) groups is 1. The largest absolute Gasteiger partial charge is 0.394 e. The van der Waals surface area contributed by atoms with E-state index in [0.29, 0.717) is 30.1 Å². The highest BCUT2D eigenvalue weighted by Crippen LogP contribution is 2.67. The zero-order valence-corrected chi connectivity index (χ0v) is 24.0. The molecule has 1 aromatic rings. The smallest absolute Gasteiger partial charge is 0.251 e. The van der Waals surface area contributed by atoms with Crippen LogP contribution in [0.2, 0.25) is 5.02 Å². The maximum Gasteiger partial charge on any atom is 0.251 e. The number of hydrogen-bond donors (Lipinski definition) is 1. The predicted molar refractivity (Wildman–Crippen MR) is 153 cm³/mol. The number of carbonyl (C=O) groups is 3. The van der Waals surface area contributed by atoms with Gasteiger partial charge < -0.3 is 19.8 Å². The van der Waals surface area contributed by atoms with Gasteiger partial charge in [0.25, 0.3) is 5.91 Å². The minimum absolute atomic E-state index is 0.0257. The highest BCUT2D eigenvalue weighted by molar-refractivity contribution is 8.02. The molecule has 3 saturated heterocycles. The van der Waals surface area contributed by atoms with Crippen LogP contribution in [0.5, 0.6) is 0 Å². The number of halogens is 1. The SMILES string of the molecule is C=CCN(C)C(=O)[C@@H]1[C@H]2C(=O)N([C@@H](CO)CC(C)C)C(C(=O)N(CC=C)c3ccc(Cl)cc3)C23CC[C@H]1S3. The van der Waals surface area contributed by atoms with Gasteiger partial charge >= 0.3 is 0 Å². The number of rotatable bonds is 11. The van der Waals surface area contributed by atoms with Gasteiger partial charge in [0.2, 0.25) is 11.8 Å². The van der Waals surface area contributed by atoms with Crippen LogP contribution in [0.15, 0.2) is 49.6 Å². The second kappa shape index (κ2) is 11.4. The average Bonchev–Trinajstić information content (AvgIpc) is 3.53. The predicted octanol–water partition coefficient (Wildman–Crippen LogP) is 4.00. The summed E-state index contributed by atoms with van der Waals surface area (Å²) < 4.78 is -0.732. The molecule has 1 N–H and O–H groups in total. The molecule has 3 heterocycles. The molecule has 3 amide bonds. The molecule has 6 atom stereocenters. The summed E-state index contributed by atoms with van der Waals surface area (Å²) in [4.78, 5) is 47.4. The van der Waals surface area contributed by atoms with Crippen LogP contribution in [0.4, 0.5) is 5.69 Å². The van der Waals surface area contributed by atoms with E-state index in [2.05, 4.69) is 13.2 Å². The third-order valence-corrected chi connectivity index (χ3v) is 10.3. The number of likely N-dealkylation sites (N-methyl/N-ethyl adjacent to an activating group) is 1. The number of hydrogen-bond acceptors (Lipinski definition) is 5. The second-order valence-electron chi connectivity index (χ2n) is 11.0. The molecule has 206 valence electrons. The van der Waals surface area contributed by atoms with Crippen molar-refractivity contribution in [2.45, 2.75) is 55.2 Å². The lowest BCUT2D eigenvalue weighted by Gasteiger charge is -2.40. The molecule has 1 aromatic carbocycles. The van der Waals surface area contributed by atoms with E-state index in [1.807, 2.05) is 13.8 Å². The van der Waals surface area contributed by atoms with E-state index in [1.54, 1.807) is 69.9 Å². The first-order valence-corrected chi connectivity index (χ1v) is 14.5. The summed E-state index contributed by atoms with van der Waals surface area (Å²) in [5.41, 5.74) is 0.659. The van der Waals surface area contributed by atoms with Crippen molar-refractivity contribution in [3.05, 3.63) is 54.6 Å². The van der Waals surface area contributed by atoms with Crippen LogP contribution in [0, 0.1) is 17.8 Å². The summed E-state index contributed by atoms with van der Waals surface area (Å²) in [7, 11) is 1.73. The van der Waals surface area contributed by atoms with Crippen LogP contribution < -0.4 is 4.90 Å². The molecule has 0 aliphatic carbocycles. The Morgan fingerprint density at radius 1 is 1.21 bits per heavy atom. The van der Waals surface area contributed by atoms with E-state index < -0.39 is 28.7 Å². The van der Waals surface area contributed by atoms with Gasteiger partial charge in [-0.15, -0.1) is 24.9 Å². The molecular formula is C29H38ClN3O4S. The Bertz CT molecular complexity index is 1100. The van der Waals surface area contributed by atoms with Crippen LogP contribution in [0.1, 0.15) is 33.1 Å². The van der Waals surface area contributed by atoms with E-state index in [0.717, 1.165) is 6.42 Å². The van der Waals surface area contributed by atoms with Gasteiger partial charge in [0.1, 0.15) is 6.04 Å². The standard InChI is InChI=1S/C29H38ClN3O4S/c1-6-14-31(5)26(35)23-22-12-13-29(38-22)24(23)27(36)33(21(17-34)16-18(3)4)25(29)28(37)32(15-7-2)20-10-8-19(30)9-11-20/h6-11,18,21-25,34H,1-2,12-17H2,3-5H3/t21-,22-,23+,24+,25?,29?/m1/s1. The van der Waals surface area contributed by atoms with E-state index >= 15 is 0 Å². The van der Waals surface area contributed by atoms with Crippen LogP contribution in [-0.2, 0) is 14.4 Å². The van der Waals surface area contributed by atoms with Gasteiger partial charge in [0.15, 0.2) is 0 Å². The van der Waals surface area contributed by atoms with Crippen molar-refractivity contribution in [2.24, 2.45) is 17.8 Å². The molecule has 1 spiro atoms. The Hall–Kier alpha value is -2.29. The summed E-state index contributed by atoms with van der Waals surface area (Å²) in [6, 6.07) is 5.71. The Labute approximate surface area is 234 Å². The van der Waals surface area contributed by atoms with E-state index in [1.165, 1.54) is 0 Å². The highest BCUT2D eigenvalue weighted by Gasteiger charge is 2.74. The molecule has 2 unspecified atom stereocenters. The lowest BCUT2D eigenvalue weighted by molar-refractivity contribution is -0.145. The number of carbonyl (C=O) groups excluding carboxylic acids is 3. The Balaban J connectivity index is 1.82. The number of amides is 3. The average molecular weight is 560 g/mol. The molecule has 2 bridgehead atoms. The Morgan fingerprint density at radius 3 is 2.45 bits per heavy atom. The Kier molecular flexibility index (Phi) is 8.65. The van der Waals surface area contributed by atoms with Gasteiger partial charge in [-0.3, -0.25) is 14.4 Å². The molecule has 0 saturated carbocycles. The quantitative estimate of drug-likeness (QED) is 0.414. The number of nitrogens with zero attached hydrogens (tertiary/aromatic N) is 3. The fourth-order valence-electron chi connectivity index (χ4n) is 6.62. The number of fused-ring (bicyclic) bond motifs is 1. The number of aliphatic hydroxyl groups is 1. The van der Waals surface area contributed by atoms with Gasteiger partial charge in [0.05, 0.1) is 29.2 Å². The zero-order valence-electron chi connectivity index (χ0n) is 22.4. The van der Waals surface area contributed by atoms with Gasteiger partial charge in [-0.2, -0.15) is 0 Å². The number of aliphatic hydroxyl groups excluding tert-OH is 1. The fourth-order valence-corrected chi connectivity index (χ4v) is 8.94. The van der Waals surface area contributed by atoms with Crippen LogP contribution in [0.25, 0.3) is 0 Å². The summed E-state index contributed by atoms with van der Waals surface area (Å²) in [5.74, 6) is -1.41. The highest BCUT2D eigenvalue weighted by atomic mass is 35.5. The van der Waals surface area contributed by atoms with Gasteiger partial charge in [-0.1, -0.05) is 37.6 Å². The second-order valence-corrected chi connectivity index (χ2v) is 13.0. The molecule has 3 aliphatic heterocycles. The minimum atomic E-state index is -0.802. The first-order chi connectivity index (χ1) is 18.1. The molecule has 38 heavy (non-hydrogen) atoms. The number of likely N-dealkylation sites (tertiary alicyclic amines) is 1. The van der Waals surface area contributed by atoms with Crippen LogP contribution in [-0.4, -0.2) is 81.5 Å². The molecule has 0 radical (unpaired) electrons. The third-order valence-electron chi connectivity index (χ3n) is 8.10. The summed E-state index contributed by atoms with van der Waals surface area (Å²) in [6.45, 7) is 12.1. The number of benzene rings is 1. The summed E-state index contributed by atoms with van der Waals surface area (Å²) >= 11 is 7.75. The van der Waals surface area contributed by atoms with Crippen LogP contribution >= 0.6 is 23.4 Å². The van der Waals surface area contributed by atoms with Crippen molar-refractivity contribution < 1.29 is 19.5 Å². The fraction of sp³-hybridized carbons (Fsp3) is 0.552. The first kappa shape index (κ1) is 28.7. The van der Waals surface area contributed by atoms with Crippen molar-refractivity contribution in [1.29, 1.82) is 0 Å². The summed E-state index contributed by atoms with van der Waals surface area (Å²) in [5, 5.41) is 11.0. The van der Waals surface area contributed by atoms with Crippen molar-refractivity contribution in [2.75, 3.05) is 31.6 Å². The van der Waals surface area contributed by atoms with Crippen molar-refractivity contribution in [3.8, 4) is 0 Å². The van der Waals surface area contributed by atoms with E-state index in [4.69, 9.17) is 11.6 Å². The van der Waals surface area contributed by atoms with Gasteiger partial charge in [-0.25, -0.2) is 0 Å². The normalized spacial score (nSPS) is 28.4.